The van der Waals surface area contributed by atoms with Gasteiger partial charge in [0.2, 0.25) is 29.7 Å². The van der Waals surface area contributed by atoms with Crippen LogP contribution in [0.1, 0.15) is 264 Å². The van der Waals surface area contributed by atoms with Gasteiger partial charge in [-0.3, -0.25) is 4.98 Å². The first-order valence-electron chi connectivity index (χ1n) is 41.2. The number of nitrogens with one attached hydrogen (secondary N) is 5. The average Bonchev–Trinajstić information content (AvgIpc) is 0.802. The molecule has 10 aromatic rings. The summed E-state index contributed by atoms with van der Waals surface area (Å²) in [5.41, 5.74) is 30.5. The Labute approximate surface area is 692 Å². The van der Waals surface area contributed by atoms with Gasteiger partial charge in [0, 0.05) is 106 Å². The van der Waals surface area contributed by atoms with Gasteiger partial charge >= 0.3 is 0 Å². The topological polar surface area (TPSA) is 430 Å². The first-order chi connectivity index (χ1) is 55.9. The molecule has 0 saturated heterocycles. The van der Waals surface area contributed by atoms with Gasteiger partial charge in [-0.25, -0.2) is 38.1 Å². The second kappa shape index (κ2) is 45.5. The van der Waals surface area contributed by atoms with E-state index in [4.69, 9.17) is 28.7 Å². The van der Waals surface area contributed by atoms with Crippen molar-refractivity contribution in [1.29, 1.82) is 0 Å². The number of hydrogen-bond donors (Lipinski definition) is 10. The lowest BCUT2D eigenvalue weighted by Gasteiger charge is -2.32. The molecule has 0 unspecified atom stereocenters. The lowest BCUT2D eigenvalue weighted by atomic mass is 9.88. The molecule has 118 heavy (non-hydrogen) atoms. The zero-order valence-corrected chi connectivity index (χ0v) is 71.8. The molecule has 30 heteroatoms. The highest BCUT2D eigenvalue weighted by atomic mass is 19.2. The number of nitrogen functional groups attached to an aromatic ring is 5. The molecule has 0 aliphatic carbocycles. The van der Waals surface area contributed by atoms with Crippen LogP contribution in [-0.4, -0.2) is 116 Å². The van der Waals surface area contributed by atoms with Crippen molar-refractivity contribution in [3.05, 3.63) is 109 Å². The number of fused-ring (bicyclic) bond motifs is 5. The summed E-state index contributed by atoms with van der Waals surface area (Å²) in [4.78, 5) is 108. The number of carbonyl (C=O) groups is 5. The van der Waals surface area contributed by atoms with E-state index < -0.39 is 17.2 Å². The number of aromatic nitrogens is 12. The molecule has 0 spiro atoms. The van der Waals surface area contributed by atoms with Crippen molar-refractivity contribution in [3.63, 3.8) is 0 Å². The Bertz CT molecular complexity index is 4720. The Balaban J connectivity index is 0.000000229. The highest BCUT2D eigenvalue weighted by Gasteiger charge is 2.31. The minimum atomic E-state index is -0.984. The monoisotopic (exact) mass is 1630 g/mol. The summed E-state index contributed by atoms with van der Waals surface area (Å²) in [6, 6.07) is 19.9. The number of pyridine rings is 2. The Hall–Kier alpha value is -11.2. The number of nitrogens with zero attached hydrogens (tertiary/aromatic N) is 12. The van der Waals surface area contributed by atoms with Gasteiger partial charge in [-0.05, 0) is 182 Å². The molecular weight excluding hydrogens is 1500 g/mol. The van der Waals surface area contributed by atoms with Gasteiger partial charge in [0.1, 0.15) is 63.8 Å². The van der Waals surface area contributed by atoms with Gasteiger partial charge in [0.15, 0.2) is 17.3 Å². The van der Waals surface area contributed by atoms with Crippen LogP contribution in [0.4, 0.5) is 72.0 Å². The minimum absolute atomic E-state index is 0.0228. The fourth-order valence-corrected chi connectivity index (χ4v) is 13.6. The second-order valence-corrected chi connectivity index (χ2v) is 32.3. The number of para-hydroxylation sites is 1. The van der Waals surface area contributed by atoms with E-state index in [0.717, 1.165) is 161 Å². The summed E-state index contributed by atoms with van der Waals surface area (Å²) in [5.74, 6) is 2.37. The fourth-order valence-electron chi connectivity index (χ4n) is 13.6. The maximum Gasteiger partial charge on any atom is 0.224 e. The van der Waals surface area contributed by atoms with E-state index in [0.29, 0.717) is 90.3 Å². The van der Waals surface area contributed by atoms with Crippen LogP contribution in [0.25, 0.3) is 54.6 Å². The number of unbranched alkanes of at least 4 members (excludes halogenated alkanes) is 5. The van der Waals surface area contributed by atoms with Crippen LogP contribution in [0.2, 0.25) is 0 Å². The third kappa shape index (κ3) is 31.0. The Morgan fingerprint density at radius 3 is 1.03 bits per heavy atom. The van der Waals surface area contributed by atoms with Crippen molar-refractivity contribution in [2.45, 2.75) is 292 Å². The predicted octanol–water partition coefficient (Wildman–Crippen LogP) is 18.9. The number of halogens is 3. The van der Waals surface area contributed by atoms with Crippen LogP contribution in [0, 0.1) is 17.5 Å². The summed E-state index contributed by atoms with van der Waals surface area (Å²) in [7, 11) is 0. The largest absolute Gasteiger partial charge is 0.368 e. The summed E-state index contributed by atoms with van der Waals surface area (Å²) in [5, 5.41) is 21.1. The van der Waals surface area contributed by atoms with E-state index in [1.54, 1.807) is 59.3 Å². The van der Waals surface area contributed by atoms with E-state index in [9.17, 15) is 37.1 Å². The van der Waals surface area contributed by atoms with Crippen molar-refractivity contribution >= 4 is 142 Å². The molecule has 3 aromatic carbocycles. The van der Waals surface area contributed by atoms with E-state index >= 15 is 0 Å². The smallest absolute Gasteiger partial charge is 0.224 e. The van der Waals surface area contributed by atoms with Crippen molar-refractivity contribution < 1.29 is 37.1 Å². The van der Waals surface area contributed by atoms with E-state index in [1.807, 2.05) is 49.4 Å². The van der Waals surface area contributed by atoms with E-state index in [2.05, 4.69) is 149 Å². The quantitative estimate of drug-likeness (QED) is 0.0170. The molecule has 7 aromatic heterocycles. The molecule has 0 amide bonds. The lowest BCUT2D eigenvalue weighted by Crippen LogP contribution is -2.36. The number of nitrogens with two attached hydrogens (primary N) is 5. The van der Waals surface area contributed by atoms with Crippen LogP contribution in [0.15, 0.2) is 91.4 Å². The van der Waals surface area contributed by atoms with Crippen LogP contribution < -0.4 is 55.3 Å². The number of benzene rings is 3. The Kier molecular flexibility index (Phi) is 36.9. The summed E-state index contributed by atoms with van der Waals surface area (Å²) in [6.07, 6.45) is 26.5. The van der Waals surface area contributed by atoms with Crippen LogP contribution >= 0.6 is 0 Å². The molecule has 0 aliphatic rings. The van der Waals surface area contributed by atoms with E-state index in [1.165, 1.54) is 12.1 Å². The van der Waals surface area contributed by atoms with Gasteiger partial charge in [0.05, 0.1) is 33.6 Å². The lowest BCUT2D eigenvalue weighted by molar-refractivity contribution is -0.118. The first-order valence-corrected chi connectivity index (χ1v) is 41.2. The molecule has 0 bridgehead atoms. The number of Topliss-reactive ketones (excluding diaryl/α,β-unsaturated/α-hetero) is 5. The molecule has 27 nitrogen and oxygen atoms in total. The van der Waals surface area contributed by atoms with Gasteiger partial charge in [0.25, 0.3) is 0 Å². The van der Waals surface area contributed by atoms with Crippen molar-refractivity contribution in [1.82, 2.24) is 59.8 Å². The highest BCUT2D eigenvalue weighted by Crippen LogP contribution is 2.36. The van der Waals surface area contributed by atoms with Gasteiger partial charge < -0.3 is 79.2 Å². The number of rotatable bonds is 40. The number of hydrogen-bond acceptors (Lipinski definition) is 27. The molecule has 0 radical (unpaired) electrons. The minimum Gasteiger partial charge on any atom is -0.368 e. The summed E-state index contributed by atoms with van der Waals surface area (Å²) in [6.45, 7) is 29.2. The third-order valence-electron chi connectivity index (χ3n) is 20.7. The molecular formula is C88H125F3N22O5. The normalized spacial score (nSPS) is 13.7. The summed E-state index contributed by atoms with van der Waals surface area (Å²) < 4.78 is 40.6. The zero-order chi connectivity index (χ0) is 87.0. The maximum absolute atomic E-state index is 13.7. The number of carbonyl (C=O) groups excluding carboxylic acids is 5. The molecule has 7 heterocycles. The maximum atomic E-state index is 13.7. The molecule has 0 aliphatic heterocycles. The molecule has 5 atom stereocenters. The van der Waals surface area contributed by atoms with Gasteiger partial charge in [-0.15, -0.1) is 0 Å². The predicted molar refractivity (Wildman–Crippen MR) is 473 cm³/mol. The molecule has 638 valence electrons. The molecule has 0 saturated carbocycles. The molecule has 15 N–H and O–H groups in total. The van der Waals surface area contributed by atoms with Crippen molar-refractivity contribution in [2.24, 2.45) is 0 Å². The van der Waals surface area contributed by atoms with Crippen LogP contribution in [0.5, 0.6) is 0 Å². The first kappa shape index (κ1) is 95.6. The Morgan fingerprint density at radius 1 is 0.331 bits per heavy atom. The highest BCUT2D eigenvalue weighted by molar-refractivity contribution is 5.94. The fraction of sp³-hybridized carbons (Fsp3) is 0.511. The average molecular weight is 1630 g/mol. The molecule has 10 rings (SSSR count). The number of anilines is 10. The summed E-state index contributed by atoms with van der Waals surface area (Å²) >= 11 is 0. The SMILES string of the molecule is CCCC[C@](C)(CCC(C)=O)Nc1nc(N)nc2cc(F)c(F)cc12.CCCC[C@](C)(CCC(C)=O)Nc1nc(N)nc2cc(F)ccc12.CCCC[C@](C)(CCC(C)=O)Nc1nc(N)nc2ccccc12.CCCC[C@](C)(CCC(C)=O)Nc1nc(N)nc2cnccc12.CCCC[C@](C)(CCC(C)=O)Nc1nc(N)nc2ncccc12. The standard InChI is InChI=1S/C18H24F2N4O.C18H25FN4O.C18H26N4O.2C17H25N5O/c1-4-5-7-18(3,8-6-11(2)25)24-16-12-9-13(19)14(20)10-15(12)22-17(21)23-16;1-4-5-9-18(3,10-8-12(2)24)23-16-14-7-6-13(19)11-15(14)21-17(20)22-16;1-4-5-11-18(3,12-10-13(2)23)22-16-14-8-6-7-9-15(14)20-17(19)21-16;1-4-5-8-17(3,9-6-12(2)23)22-15-13-7-10-19-11-14(13)20-16(18)21-15;1-4-5-9-17(3,10-8-12(2)23)22-15-13-7-6-11-19-14(13)20-16(18)21-15/h9-10H,4-8H2,1-3H3,(H3,21,22,23,24);6-7,11H,4-5,8-10H2,1-3H3,(H3,20,21,22,23);6-9H,4-5,10-12H2,1-3H3,(H3,19,20,21,22);7,10-11H,4-6,8-9H2,1-3H3,(H3,18,20,21,22);6-7,11H,4-5,8-10H2,1-3H3,(H3,18,19,20,21,22)/t3*18-;2*17-/m11111/s1. The van der Waals surface area contributed by atoms with Gasteiger partial charge in [-0.1, -0.05) is 111 Å². The molecule has 0 fully saturated rings. The van der Waals surface area contributed by atoms with E-state index in [-0.39, 0.29) is 92.1 Å². The van der Waals surface area contributed by atoms with Crippen LogP contribution in [0.3, 0.4) is 0 Å². The zero-order valence-electron chi connectivity index (χ0n) is 71.8. The van der Waals surface area contributed by atoms with Crippen molar-refractivity contribution in [2.75, 3.05) is 55.3 Å². The third-order valence-corrected chi connectivity index (χ3v) is 20.7. The van der Waals surface area contributed by atoms with Gasteiger partial charge in [-0.2, -0.15) is 29.9 Å². The number of ketones is 5. The second-order valence-electron chi connectivity index (χ2n) is 32.3. The van der Waals surface area contributed by atoms with Crippen LogP contribution in [-0.2, 0) is 24.0 Å². The van der Waals surface area contributed by atoms with Crippen molar-refractivity contribution in [3.8, 4) is 0 Å². The Morgan fingerprint density at radius 2 is 0.644 bits per heavy atom.